The summed E-state index contributed by atoms with van der Waals surface area (Å²) in [5.74, 6) is 1.15. The van der Waals surface area contributed by atoms with E-state index in [9.17, 15) is 8.42 Å². The summed E-state index contributed by atoms with van der Waals surface area (Å²) in [7, 11) is -1.65. The third-order valence-corrected chi connectivity index (χ3v) is 5.85. The zero-order chi connectivity index (χ0) is 20.4. The molecule has 1 aromatic heterocycles. The minimum atomic E-state index is -3.78. The lowest BCUT2D eigenvalue weighted by molar-refractivity contribution is 0.114. The van der Waals surface area contributed by atoms with E-state index < -0.39 is 10.0 Å². The molecule has 9 heteroatoms. The number of aromatic nitrogens is 2. The molecule has 1 aliphatic heterocycles. The zero-order valence-corrected chi connectivity index (χ0v) is 16.9. The molecule has 0 atom stereocenters. The highest BCUT2D eigenvalue weighted by Crippen LogP contribution is 2.24. The molecule has 0 unspecified atom stereocenters. The van der Waals surface area contributed by atoms with E-state index in [0.717, 1.165) is 42.6 Å². The van der Waals surface area contributed by atoms with Gasteiger partial charge in [-0.15, -0.1) is 0 Å². The molecule has 2 aromatic carbocycles. The maximum atomic E-state index is 11.5. The number of nitrogens with zero attached hydrogens (tertiary/aromatic N) is 3. The molecule has 8 nitrogen and oxygen atoms in total. The summed E-state index contributed by atoms with van der Waals surface area (Å²) >= 11 is 0. The van der Waals surface area contributed by atoms with Crippen LogP contribution in [-0.4, -0.2) is 49.5 Å². The molecule has 0 saturated carbocycles. The van der Waals surface area contributed by atoms with E-state index in [2.05, 4.69) is 27.2 Å². The second kappa shape index (κ2) is 7.94. The number of anilines is 2. The fourth-order valence-corrected chi connectivity index (χ4v) is 3.87. The number of nitrogens with one attached hydrogen (secondary N) is 1. The molecule has 1 saturated heterocycles. The Morgan fingerprint density at radius 2 is 1.97 bits per heavy atom. The van der Waals surface area contributed by atoms with Crippen molar-refractivity contribution in [3.63, 3.8) is 0 Å². The van der Waals surface area contributed by atoms with Crippen LogP contribution in [0, 0.1) is 0 Å². The number of hydrogen-bond donors (Lipinski definition) is 2. The number of ether oxygens (including phenoxy) is 1. The van der Waals surface area contributed by atoms with Crippen LogP contribution in [0.15, 0.2) is 53.6 Å². The van der Waals surface area contributed by atoms with Crippen molar-refractivity contribution < 1.29 is 13.2 Å². The predicted octanol–water partition coefficient (Wildman–Crippen LogP) is 2.49. The maximum Gasteiger partial charge on any atom is 0.238 e. The number of primary sulfonamides is 1. The lowest BCUT2D eigenvalue weighted by Crippen LogP contribution is -2.35. The van der Waals surface area contributed by atoms with Crippen LogP contribution in [0.3, 0.4) is 0 Å². The van der Waals surface area contributed by atoms with Gasteiger partial charge in [-0.25, -0.2) is 23.5 Å². The Bertz CT molecular complexity index is 1130. The van der Waals surface area contributed by atoms with Crippen molar-refractivity contribution in [1.29, 1.82) is 0 Å². The van der Waals surface area contributed by atoms with Gasteiger partial charge in [0.1, 0.15) is 11.9 Å². The van der Waals surface area contributed by atoms with Gasteiger partial charge in [0.2, 0.25) is 16.0 Å². The quantitative estimate of drug-likeness (QED) is 0.661. The van der Waals surface area contributed by atoms with E-state index in [1.54, 1.807) is 18.3 Å². The van der Waals surface area contributed by atoms with Crippen molar-refractivity contribution in [1.82, 2.24) is 14.9 Å². The molecule has 0 radical (unpaired) electrons. The largest absolute Gasteiger partial charge is 0.490 e. The number of sulfonamides is 1. The van der Waals surface area contributed by atoms with Crippen LogP contribution in [0.1, 0.15) is 12.8 Å². The zero-order valence-electron chi connectivity index (χ0n) is 16.1. The van der Waals surface area contributed by atoms with Gasteiger partial charge in [0.25, 0.3) is 0 Å². The van der Waals surface area contributed by atoms with Crippen LogP contribution >= 0.6 is 0 Å². The Labute approximate surface area is 169 Å². The van der Waals surface area contributed by atoms with Gasteiger partial charge in [-0.2, -0.15) is 0 Å². The van der Waals surface area contributed by atoms with Gasteiger partial charge >= 0.3 is 0 Å². The molecular weight excluding hydrogens is 390 g/mol. The first-order chi connectivity index (χ1) is 13.9. The Balaban J connectivity index is 1.54. The molecule has 3 N–H and O–H groups in total. The van der Waals surface area contributed by atoms with E-state index in [0.29, 0.717) is 11.6 Å². The van der Waals surface area contributed by atoms with Crippen molar-refractivity contribution in [2.75, 3.05) is 25.5 Å². The summed E-state index contributed by atoms with van der Waals surface area (Å²) < 4.78 is 29.2. The lowest BCUT2D eigenvalue weighted by Gasteiger charge is -2.29. The van der Waals surface area contributed by atoms with Crippen molar-refractivity contribution in [3.8, 4) is 5.75 Å². The summed E-state index contributed by atoms with van der Waals surface area (Å²) in [6.45, 7) is 2.07. The van der Waals surface area contributed by atoms with Crippen LogP contribution in [0.2, 0.25) is 0 Å². The number of fused-ring (bicyclic) bond motifs is 1. The van der Waals surface area contributed by atoms with Crippen molar-refractivity contribution in [3.05, 3.63) is 48.7 Å². The molecule has 0 aliphatic carbocycles. The smallest absolute Gasteiger partial charge is 0.238 e. The van der Waals surface area contributed by atoms with Crippen molar-refractivity contribution in [2.24, 2.45) is 5.14 Å². The first-order valence-corrected chi connectivity index (χ1v) is 10.9. The minimum absolute atomic E-state index is 0.0251. The average molecular weight is 414 g/mol. The van der Waals surface area contributed by atoms with Crippen LogP contribution in [0.4, 0.5) is 11.6 Å². The highest BCUT2D eigenvalue weighted by Gasteiger charge is 2.18. The van der Waals surface area contributed by atoms with E-state index in [4.69, 9.17) is 9.88 Å². The number of piperidine rings is 1. The second-order valence-corrected chi connectivity index (χ2v) is 8.79. The van der Waals surface area contributed by atoms with Crippen molar-refractivity contribution >= 4 is 32.6 Å². The molecule has 0 spiro atoms. The third-order valence-electron chi connectivity index (χ3n) is 4.94. The van der Waals surface area contributed by atoms with Crippen LogP contribution < -0.4 is 15.2 Å². The molecule has 1 aliphatic rings. The normalized spacial score (nSPS) is 16.1. The molecule has 2 heterocycles. The lowest BCUT2D eigenvalue weighted by atomic mass is 10.1. The minimum Gasteiger partial charge on any atom is -0.490 e. The van der Waals surface area contributed by atoms with E-state index in [1.165, 1.54) is 12.1 Å². The predicted molar refractivity (Wildman–Crippen MR) is 112 cm³/mol. The number of benzene rings is 2. The van der Waals surface area contributed by atoms with Gasteiger partial charge in [0, 0.05) is 36.4 Å². The van der Waals surface area contributed by atoms with E-state index >= 15 is 0 Å². The number of rotatable bonds is 5. The van der Waals surface area contributed by atoms with Crippen LogP contribution in [-0.2, 0) is 10.0 Å². The molecule has 29 heavy (non-hydrogen) atoms. The number of nitrogens with two attached hydrogens (primary N) is 1. The van der Waals surface area contributed by atoms with Crippen LogP contribution in [0.25, 0.3) is 10.9 Å². The second-order valence-electron chi connectivity index (χ2n) is 7.23. The first kappa shape index (κ1) is 19.6. The summed E-state index contributed by atoms with van der Waals surface area (Å²) in [6, 6.07) is 12.0. The van der Waals surface area contributed by atoms with E-state index in [1.807, 2.05) is 18.2 Å². The standard InChI is InChI=1S/C20H23N5O3S/c1-25-9-7-16(8-10-25)28-17-6-5-14-13-22-20(24-19(14)12-17)23-15-3-2-4-18(11-15)29(21,26)27/h2-6,11-13,16H,7-10H2,1H3,(H2,21,26,27)(H,22,23,24). The number of hydrogen-bond acceptors (Lipinski definition) is 7. The van der Waals surface area contributed by atoms with Crippen molar-refractivity contribution in [2.45, 2.75) is 23.8 Å². The van der Waals surface area contributed by atoms with Gasteiger partial charge in [-0.3, -0.25) is 0 Å². The molecule has 0 bridgehead atoms. The molecule has 0 amide bonds. The summed E-state index contributed by atoms with van der Waals surface area (Å²) in [4.78, 5) is 11.2. The van der Waals surface area contributed by atoms with Gasteiger partial charge in [-0.1, -0.05) is 6.07 Å². The highest BCUT2D eigenvalue weighted by atomic mass is 32.2. The maximum absolute atomic E-state index is 11.5. The third kappa shape index (κ3) is 4.81. The topological polar surface area (TPSA) is 110 Å². The Morgan fingerprint density at radius 3 is 2.72 bits per heavy atom. The summed E-state index contributed by atoms with van der Waals surface area (Å²) in [5, 5.41) is 9.11. The van der Waals surface area contributed by atoms with Gasteiger partial charge in [0.05, 0.1) is 10.4 Å². The number of likely N-dealkylation sites (tertiary alicyclic amines) is 1. The summed E-state index contributed by atoms with van der Waals surface area (Å²) in [5.41, 5.74) is 1.28. The fraction of sp³-hybridized carbons (Fsp3) is 0.300. The molecule has 3 aromatic rings. The fourth-order valence-electron chi connectivity index (χ4n) is 3.31. The van der Waals surface area contributed by atoms with E-state index in [-0.39, 0.29) is 11.0 Å². The Kier molecular flexibility index (Phi) is 5.35. The molecular formula is C20H23N5O3S. The van der Waals surface area contributed by atoms with Crippen LogP contribution in [0.5, 0.6) is 5.75 Å². The monoisotopic (exact) mass is 413 g/mol. The molecule has 1 fully saturated rings. The van der Waals surface area contributed by atoms with Gasteiger partial charge < -0.3 is 15.0 Å². The highest BCUT2D eigenvalue weighted by molar-refractivity contribution is 7.89. The molecule has 4 rings (SSSR count). The SMILES string of the molecule is CN1CCC(Oc2ccc3cnc(Nc4cccc(S(N)(=O)=O)c4)nc3c2)CC1. The average Bonchev–Trinajstić information content (AvgIpc) is 2.69. The van der Waals surface area contributed by atoms with Gasteiger partial charge in [0.15, 0.2) is 0 Å². The van der Waals surface area contributed by atoms with Gasteiger partial charge in [-0.05, 0) is 50.2 Å². The summed E-state index contributed by atoms with van der Waals surface area (Å²) in [6.07, 6.45) is 3.94. The first-order valence-electron chi connectivity index (χ1n) is 9.39. The Morgan fingerprint density at radius 1 is 1.17 bits per heavy atom. The molecule has 152 valence electrons. The Hall–Kier alpha value is -2.75.